The number of pyridine rings is 1. The summed E-state index contributed by atoms with van der Waals surface area (Å²) in [5, 5.41) is 2.28. The van der Waals surface area contributed by atoms with E-state index in [-0.39, 0.29) is 42.7 Å². The van der Waals surface area contributed by atoms with Crippen LogP contribution in [-0.4, -0.2) is 9.55 Å². The molecular weight excluding hydrogens is 928 g/mol. The predicted octanol–water partition coefficient (Wildman–Crippen LogP) is 15.3. The van der Waals surface area contributed by atoms with Crippen LogP contribution in [0.5, 0.6) is 11.5 Å². The molecule has 6 heteroatoms. The molecule has 8 rings (SSSR count). The van der Waals surface area contributed by atoms with Crippen molar-refractivity contribution in [3.8, 4) is 17.3 Å². The number of nitrogens with zero attached hydrogens (tertiary/aromatic N) is 4. The van der Waals surface area contributed by atoms with Gasteiger partial charge in [-0.05, 0) is 97.7 Å². The maximum atomic E-state index is 6.86. The Bertz CT molecular complexity index is 2750. The molecule has 0 N–H and O–H groups in total. The van der Waals surface area contributed by atoms with E-state index in [0.717, 1.165) is 50.6 Å². The number of hydrogen-bond acceptors (Lipinski definition) is 4. The molecular formula is C55H61N4OPt-3. The first kappa shape index (κ1) is 44.2. The van der Waals surface area contributed by atoms with E-state index in [0.29, 0.717) is 17.4 Å². The molecule has 1 aliphatic heterocycles. The topological polar surface area (TPSA) is 33.5 Å². The van der Waals surface area contributed by atoms with Gasteiger partial charge in [0.25, 0.3) is 0 Å². The van der Waals surface area contributed by atoms with Gasteiger partial charge in [-0.1, -0.05) is 133 Å². The minimum absolute atomic E-state index is 0. The maximum Gasteiger partial charge on any atom is 0.135 e. The molecule has 0 radical (unpaired) electrons. The average Bonchev–Trinajstić information content (AvgIpc) is 3.72. The second-order valence-corrected chi connectivity index (χ2v) is 21.1. The van der Waals surface area contributed by atoms with Crippen LogP contribution in [0.4, 0.5) is 22.7 Å². The molecule has 0 spiro atoms. The number of benzene rings is 5. The zero-order valence-corrected chi connectivity index (χ0v) is 40.8. The van der Waals surface area contributed by atoms with Crippen molar-refractivity contribution in [2.24, 2.45) is 0 Å². The van der Waals surface area contributed by atoms with Gasteiger partial charge >= 0.3 is 0 Å². The first-order valence-electron chi connectivity index (χ1n) is 21.5. The van der Waals surface area contributed by atoms with E-state index in [2.05, 4.69) is 221 Å². The molecule has 0 amide bonds. The molecule has 0 saturated heterocycles. The second kappa shape index (κ2) is 15.8. The molecule has 5 nitrogen and oxygen atoms in total. The monoisotopic (exact) mass is 988 g/mol. The minimum atomic E-state index is -0.150. The summed E-state index contributed by atoms with van der Waals surface area (Å²) in [5.74, 6) is 2.53. The molecule has 320 valence electrons. The predicted molar refractivity (Wildman–Crippen MR) is 253 cm³/mol. The standard InChI is InChI=1S/C55H61N4O.Pt/c1-35(2)36-25-39(54(9,10)11)27-41(26-36)57-34-58(49-18-16-15-17-48(49)57)42-28-40(55(12,13)14)29-44(32-42)60-43-20-21-45-46-30-37(52(3,4)5)19-22-47(46)59(50(45)33-43)51-31-38(23-24-56-51)53(6,7)8;/h15-31,34-35H,1-14H3;/q-3;. The summed E-state index contributed by atoms with van der Waals surface area (Å²) in [6, 6.07) is 42.8. The summed E-state index contributed by atoms with van der Waals surface area (Å²) < 4.78 is 9.10. The first-order valence-corrected chi connectivity index (χ1v) is 21.5. The quantitative estimate of drug-likeness (QED) is 0.156. The van der Waals surface area contributed by atoms with Gasteiger partial charge in [0, 0.05) is 61.3 Å². The van der Waals surface area contributed by atoms with Crippen molar-refractivity contribution in [3.05, 3.63) is 150 Å². The molecule has 2 aromatic heterocycles. The van der Waals surface area contributed by atoms with Crippen LogP contribution in [0.15, 0.2) is 103 Å². The van der Waals surface area contributed by atoms with Crippen LogP contribution in [0.25, 0.3) is 27.6 Å². The van der Waals surface area contributed by atoms with Crippen molar-refractivity contribution in [1.82, 2.24) is 9.55 Å². The van der Waals surface area contributed by atoms with Crippen LogP contribution >= 0.6 is 0 Å². The van der Waals surface area contributed by atoms with Crippen molar-refractivity contribution >= 4 is 44.6 Å². The zero-order chi connectivity index (χ0) is 43.1. The van der Waals surface area contributed by atoms with E-state index in [1.165, 1.54) is 27.6 Å². The number of fused-ring (bicyclic) bond motifs is 4. The Hall–Kier alpha value is -4.86. The van der Waals surface area contributed by atoms with Gasteiger partial charge in [-0.15, -0.1) is 53.6 Å². The fraction of sp³-hybridized carbons (Fsp3) is 0.345. The third-order valence-electron chi connectivity index (χ3n) is 11.9. The maximum absolute atomic E-state index is 6.86. The number of rotatable bonds is 6. The molecule has 0 bridgehead atoms. The molecule has 0 atom stereocenters. The van der Waals surface area contributed by atoms with Gasteiger partial charge in [-0.25, -0.2) is 4.98 Å². The van der Waals surface area contributed by atoms with E-state index in [1.807, 2.05) is 12.3 Å². The summed E-state index contributed by atoms with van der Waals surface area (Å²) in [6.07, 6.45) is 1.92. The second-order valence-electron chi connectivity index (χ2n) is 21.1. The molecule has 3 heterocycles. The van der Waals surface area contributed by atoms with Crippen molar-refractivity contribution in [2.75, 3.05) is 9.80 Å². The average molecular weight is 989 g/mol. The Kier molecular flexibility index (Phi) is 11.4. The first-order chi connectivity index (χ1) is 28.1. The van der Waals surface area contributed by atoms with Crippen LogP contribution in [0.1, 0.15) is 131 Å². The zero-order valence-electron chi connectivity index (χ0n) is 38.5. The Morgan fingerprint density at radius 1 is 0.574 bits per heavy atom. The van der Waals surface area contributed by atoms with E-state index in [1.54, 1.807) is 0 Å². The van der Waals surface area contributed by atoms with Gasteiger partial charge in [-0.3, -0.25) is 0 Å². The normalized spacial score (nSPS) is 13.6. The van der Waals surface area contributed by atoms with Gasteiger partial charge in [-0.2, -0.15) is 6.07 Å². The summed E-state index contributed by atoms with van der Waals surface area (Å²) in [4.78, 5) is 9.51. The Balaban J connectivity index is 0.00000561. The number of hydrogen-bond donors (Lipinski definition) is 0. The molecule has 61 heavy (non-hydrogen) atoms. The van der Waals surface area contributed by atoms with E-state index in [9.17, 15) is 0 Å². The Morgan fingerprint density at radius 2 is 1.20 bits per heavy atom. The van der Waals surface area contributed by atoms with Crippen molar-refractivity contribution in [1.29, 1.82) is 0 Å². The van der Waals surface area contributed by atoms with Gasteiger partial charge in [0.05, 0.1) is 0 Å². The SMILES string of the molecule is CC(C)c1cc(N2[CH-]N(c3[c-]c(Oc4[c-]c5c(cc4)c4cc(C(C)(C)C)ccc4n5-c4cc(C(C)(C)C)ccn4)cc(C(C)(C)C)c3)c3ccccc32)cc(C(C)(C)C)c1.[Pt]. The van der Waals surface area contributed by atoms with Crippen LogP contribution in [0.3, 0.4) is 0 Å². The minimum Gasteiger partial charge on any atom is -0.509 e. The Labute approximate surface area is 379 Å². The van der Waals surface area contributed by atoms with Crippen molar-refractivity contribution < 1.29 is 25.8 Å². The van der Waals surface area contributed by atoms with Crippen LogP contribution < -0.4 is 14.5 Å². The van der Waals surface area contributed by atoms with Gasteiger partial charge in [0.2, 0.25) is 0 Å². The third-order valence-corrected chi connectivity index (χ3v) is 11.9. The summed E-state index contributed by atoms with van der Waals surface area (Å²) in [5.41, 5.74) is 12.5. The molecule has 7 aromatic rings. The third kappa shape index (κ3) is 8.65. The Morgan fingerprint density at radius 3 is 1.84 bits per heavy atom. The largest absolute Gasteiger partial charge is 0.509 e. The number of para-hydroxylation sites is 2. The van der Waals surface area contributed by atoms with Crippen LogP contribution in [0.2, 0.25) is 0 Å². The molecule has 0 aliphatic carbocycles. The fourth-order valence-corrected chi connectivity index (χ4v) is 8.01. The molecule has 5 aromatic carbocycles. The van der Waals surface area contributed by atoms with E-state index in [4.69, 9.17) is 9.72 Å². The smallest absolute Gasteiger partial charge is 0.135 e. The van der Waals surface area contributed by atoms with E-state index >= 15 is 0 Å². The van der Waals surface area contributed by atoms with Crippen LogP contribution in [0, 0.1) is 18.8 Å². The van der Waals surface area contributed by atoms with Gasteiger partial charge in [0.1, 0.15) is 5.82 Å². The molecule has 0 fully saturated rings. The number of anilines is 4. The molecule has 0 unspecified atom stereocenters. The summed E-state index contributed by atoms with van der Waals surface area (Å²) in [7, 11) is 0. The van der Waals surface area contributed by atoms with Gasteiger partial charge in [0.15, 0.2) is 0 Å². The van der Waals surface area contributed by atoms with Crippen molar-refractivity contribution in [2.45, 2.75) is 125 Å². The number of ether oxygens (including phenoxy) is 1. The fourth-order valence-electron chi connectivity index (χ4n) is 8.01. The van der Waals surface area contributed by atoms with Gasteiger partial charge < -0.3 is 19.1 Å². The number of aromatic nitrogens is 2. The van der Waals surface area contributed by atoms with Crippen LogP contribution in [-0.2, 0) is 42.7 Å². The summed E-state index contributed by atoms with van der Waals surface area (Å²) >= 11 is 0. The molecule has 1 aliphatic rings. The summed E-state index contributed by atoms with van der Waals surface area (Å²) in [6.45, 7) is 33.9. The molecule has 0 saturated carbocycles. The van der Waals surface area contributed by atoms with Crippen molar-refractivity contribution in [3.63, 3.8) is 0 Å². The van der Waals surface area contributed by atoms with E-state index < -0.39 is 0 Å².